The fourth-order valence-corrected chi connectivity index (χ4v) is 2.67. The first-order chi connectivity index (χ1) is 11.5. The first-order valence-corrected chi connectivity index (χ1v) is 8.50. The van der Waals surface area contributed by atoms with Gasteiger partial charge in [0, 0.05) is 5.69 Å². The van der Waals surface area contributed by atoms with Gasteiger partial charge in [-0.3, -0.25) is 20.4 Å². The van der Waals surface area contributed by atoms with Crippen LogP contribution in [0.5, 0.6) is 0 Å². The van der Waals surface area contributed by atoms with E-state index < -0.39 is 5.91 Å². The fraction of sp³-hybridized carbons (Fsp3) is 0.188. The molecule has 0 aliphatic carbocycles. The lowest BCUT2D eigenvalue weighted by atomic mass is 10.1. The summed E-state index contributed by atoms with van der Waals surface area (Å²) in [7, 11) is 0. The quantitative estimate of drug-likeness (QED) is 0.495. The zero-order valence-corrected chi connectivity index (χ0v) is 14.9. The molecule has 1 heterocycles. The van der Waals surface area contributed by atoms with Crippen LogP contribution in [0.15, 0.2) is 35.7 Å². The highest BCUT2D eigenvalue weighted by Crippen LogP contribution is 2.17. The molecule has 0 saturated heterocycles. The number of rotatable bonds is 4. The van der Waals surface area contributed by atoms with Crippen molar-refractivity contribution in [1.82, 2.24) is 16.2 Å². The molecule has 0 spiro atoms. The third-order valence-corrected chi connectivity index (χ3v) is 4.40. The van der Waals surface area contributed by atoms with Gasteiger partial charge in [0.05, 0.1) is 11.4 Å². The van der Waals surface area contributed by atoms with Crippen molar-refractivity contribution in [3.63, 3.8) is 0 Å². The Labute approximate surface area is 149 Å². The standard InChI is InChI=1S/C16H18N4O2S2/c1-10-5-3-6-12(11(10)2)18-16(23)20-19-14(21)9-17-15(22)13-7-4-8-24-13/h3-8H,9H2,1-2H3,(H,17,22)(H,19,21)(H2,18,20,23). The van der Waals surface area contributed by atoms with Crippen LogP contribution in [0.2, 0.25) is 0 Å². The summed E-state index contributed by atoms with van der Waals surface area (Å²) in [6, 6.07) is 9.30. The molecule has 1 aromatic heterocycles. The molecule has 6 nitrogen and oxygen atoms in total. The molecule has 2 amide bonds. The summed E-state index contributed by atoms with van der Waals surface area (Å²) in [5.74, 6) is -0.679. The maximum Gasteiger partial charge on any atom is 0.261 e. The molecule has 0 bridgehead atoms. The van der Waals surface area contributed by atoms with Gasteiger partial charge in [0.1, 0.15) is 0 Å². The minimum absolute atomic E-state index is 0.143. The highest BCUT2D eigenvalue weighted by molar-refractivity contribution is 7.80. The average molecular weight is 362 g/mol. The molecule has 8 heteroatoms. The van der Waals surface area contributed by atoms with E-state index in [1.165, 1.54) is 11.3 Å². The average Bonchev–Trinajstić information content (AvgIpc) is 3.09. The van der Waals surface area contributed by atoms with Gasteiger partial charge >= 0.3 is 0 Å². The Kier molecular flexibility index (Phi) is 6.28. The largest absolute Gasteiger partial charge is 0.342 e. The van der Waals surface area contributed by atoms with Crippen LogP contribution in [-0.4, -0.2) is 23.5 Å². The smallest absolute Gasteiger partial charge is 0.261 e. The van der Waals surface area contributed by atoms with Crippen LogP contribution in [-0.2, 0) is 4.79 Å². The van der Waals surface area contributed by atoms with Crippen LogP contribution in [0.1, 0.15) is 20.8 Å². The molecule has 0 atom stereocenters. The summed E-state index contributed by atoms with van der Waals surface area (Å²) in [6.45, 7) is 3.85. The molecule has 0 radical (unpaired) electrons. The van der Waals surface area contributed by atoms with Gasteiger partial charge in [-0.1, -0.05) is 18.2 Å². The number of thiocarbonyl (C=S) groups is 1. The van der Waals surface area contributed by atoms with Crippen molar-refractivity contribution in [3.8, 4) is 0 Å². The second kappa shape index (κ2) is 8.42. The third kappa shape index (κ3) is 5.04. The summed E-state index contributed by atoms with van der Waals surface area (Å²) in [5.41, 5.74) is 8.13. The zero-order valence-electron chi connectivity index (χ0n) is 13.3. The molecule has 0 fully saturated rings. The molecule has 126 valence electrons. The lowest BCUT2D eigenvalue weighted by Gasteiger charge is -2.14. The highest BCUT2D eigenvalue weighted by Gasteiger charge is 2.09. The van der Waals surface area contributed by atoms with E-state index >= 15 is 0 Å². The molecular formula is C16H18N4O2S2. The number of aryl methyl sites for hydroxylation is 1. The number of amides is 2. The Morgan fingerprint density at radius 2 is 1.92 bits per heavy atom. The van der Waals surface area contributed by atoms with Gasteiger partial charge in [-0.2, -0.15) is 0 Å². The number of thiophene rings is 1. The number of benzene rings is 1. The van der Waals surface area contributed by atoms with Crippen LogP contribution >= 0.6 is 23.6 Å². The number of hydrazine groups is 1. The van der Waals surface area contributed by atoms with E-state index in [4.69, 9.17) is 12.2 Å². The van der Waals surface area contributed by atoms with E-state index in [0.29, 0.717) is 4.88 Å². The number of hydrogen-bond acceptors (Lipinski definition) is 4. The number of carbonyl (C=O) groups is 2. The Balaban J connectivity index is 1.74. The summed E-state index contributed by atoms with van der Waals surface area (Å²) in [5, 5.41) is 7.61. The molecule has 24 heavy (non-hydrogen) atoms. The van der Waals surface area contributed by atoms with Gasteiger partial charge in [0.25, 0.3) is 11.8 Å². The van der Waals surface area contributed by atoms with Crippen molar-refractivity contribution >= 4 is 46.2 Å². The van der Waals surface area contributed by atoms with Crippen molar-refractivity contribution < 1.29 is 9.59 Å². The third-order valence-electron chi connectivity index (χ3n) is 3.32. The monoisotopic (exact) mass is 362 g/mol. The van der Waals surface area contributed by atoms with E-state index in [-0.39, 0.29) is 17.6 Å². The summed E-state index contributed by atoms with van der Waals surface area (Å²) >= 11 is 6.45. The van der Waals surface area contributed by atoms with Gasteiger partial charge in [-0.25, -0.2) is 0 Å². The molecule has 4 N–H and O–H groups in total. The van der Waals surface area contributed by atoms with Gasteiger partial charge < -0.3 is 10.6 Å². The van der Waals surface area contributed by atoms with E-state index in [2.05, 4.69) is 21.5 Å². The lowest BCUT2D eigenvalue weighted by molar-refractivity contribution is -0.120. The molecule has 0 aliphatic heterocycles. The SMILES string of the molecule is Cc1cccc(NC(=S)NNC(=O)CNC(=O)c2cccs2)c1C. The predicted octanol–water partition coefficient (Wildman–Crippen LogP) is 2.11. The van der Waals surface area contributed by atoms with Crippen LogP contribution in [0.4, 0.5) is 5.69 Å². The second-order valence-corrected chi connectivity index (χ2v) is 6.39. The van der Waals surface area contributed by atoms with Crippen LogP contribution in [0, 0.1) is 13.8 Å². The maximum absolute atomic E-state index is 11.7. The van der Waals surface area contributed by atoms with Gasteiger partial charge in [0.2, 0.25) is 0 Å². The Hall–Kier alpha value is -2.45. The minimum Gasteiger partial charge on any atom is -0.342 e. The number of nitrogens with one attached hydrogen (secondary N) is 4. The Morgan fingerprint density at radius 1 is 1.12 bits per heavy atom. The topological polar surface area (TPSA) is 82.3 Å². The molecule has 0 aliphatic rings. The van der Waals surface area contributed by atoms with E-state index in [1.807, 2.05) is 32.0 Å². The van der Waals surface area contributed by atoms with Gasteiger partial charge in [-0.15, -0.1) is 11.3 Å². The lowest BCUT2D eigenvalue weighted by Crippen LogP contribution is -2.47. The highest BCUT2D eigenvalue weighted by atomic mass is 32.1. The maximum atomic E-state index is 11.7. The van der Waals surface area contributed by atoms with Crippen LogP contribution in [0.3, 0.4) is 0 Å². The Morgan fingerprint density at radius 3 is 2.62 bits per heavy atom. The molecule has 1 aromatic carbocycles. The molecule has 2 rings (SSSR count). The summed E-state index contributed by atoms with van der Waals surface area (Å²) in [6.07, 6.45) is 0. The molecule has 0 unspecified atom stereocenters. The van der Waals surface area contributed by atoms with Gasteiger partial charge in [-0.05, 0) is 54.7 Å². The summed E-state index contributed by atoms with van der Waals surface area (Å²) < 4.78 is 0. The molecule has 2 aromatic rings. The Bertz CT molecular complexity index is 745. The van der Waals surface area contributed by atoms with E-state index in [9.17, 15) is 9.59 Å². The molecular weight excluding hydrogens is 344 g/mol. The van der Waals surface area contributed by atoms with Gasteiger partial charge in [0.15, 0.2) is 5.11 Å². The number of hydrogen-bond donors (Lipinski definition) is 4. The number of anilines is 1. The minimum atomic E-state index is -0.398. The predicted molar refractivity (Wildman–Crippen MR) is 100 cm³/mol. The van der Waals surface area contributed by atoms with Crippen LogP contribution in [0.25, 0.3) is 0 Å². The number of carbonyl (C=O) groups excluding carboxylic acids is 2. The first kappa shape index (κ1) is 17.9. The van der Waals surface area contributed by atoms with Crippen molar-refractivity contribution in [2.75, 3.05) is 11.9 Å². The van der Waals surface area contributed by atoms with Crippen LogP contribution < -0.4 is 21.5 Å². The van der Waals surface area contributed by atoms with E-state index in [1.54, 1.807) is 17.5 Å². The second-order valence-electron chi connectivity index (χ2n) is 5.03. The first-order valence-electron chi connectivity index (χ1n) is 7.21. The summed E-state index contributed by atoms with van der Waals surface area (Å²) in [4.78, 5) is 24.0. The van der Waals surface area contributed by atoms with E-state index in [0.717, 1.165) is 16.8 Å². The van der Waals surface area contributed by atoms with Crippen molar-refractivity contribution in [2.45, 2.75) is 13.8 Å². The fourth-order valence-electron chi connectivity index (χ4n) is 1.87. The van der Waals surface area contributed by atoms with Crippen molar-refractivity contribution in [3.05, 3.63) is 51.7 Å². The van der Waals surface area contributed by atoms with Crippen molar-refractivity contribution in [2.24, 2.45) is 0 Å². The molecule has 0 saturated carbocycles. The zero-order chi connectivity index (χ0) is 17.5. The van der Waals surface area contributed by atoms with Crippen molar-refractivity contribution in [1.29, 1.82) is 0 Å². The normalized spacial score (nSPS) is 9.92.